The van der Waals surface area contributed by atoms with Crippen LogP contribution in [0.2, 0.25) is 18.1 Å². The normalized spacial score (nSPS) is 29.3. The zero-order valence-electron chi connectivity index (χ0n) is 15.2. The zero-order valence-corrected chi connectivity index (χ0v) is 16.2. The lowest BCUT2D eigenvalue weighted by molar-refractivity contribution is -0.155. The fourth-order valence-corrected chi connectivity index (χ4v) is 3.33. The summed E-state index contributed by atoms with van der Waals surface area (Å²) < 4.78 is 18.0. The van der Waals surface area contributed by atoms with Gasteiger partial charge in [0.15, 0.2) is 14.6 Å². The van der Waals surface area contributed by atoms with E-state index >= 15 is 0 Å². The monoisotopic (exact) mass is 329 g/mol. The summed E-state index contributed by atoms with van der Waals surface area (Å²) >= 11 is 0. The SMILES string of the molecule is CO/N=C/C=C1\[C@H](C)O[C@@H](O[Si](C)(C)C(C)(C)C)C[C@@H]1OC. The van der Waals surface area contributed by atoms with E-state index in [9.17, 15) is 0 Å². The van der Waals surface area contributed by atoms with Crippen LogP contribution in [0.3, 0.4) is 0 Å². The molecule has 0 N–H and O–H groups in total. The molecule has 1 saturated heterocycles. The molecule has 0 bridgehead atoms. The molecule has 6 heteroatoms. The third-order valence-electron chi connectivity index (χ3n) is 4.55. The van der Waals surface area contributed by atoms with Gasteiger partial charge in [-0.05, 0) is 36.7 Å². The van der Waals surface area contributed by atoms with E-state index in [0.29, 0.717) is 6.42 Å². The summed E-state index contributed by atoms with van der Waals surface area (Å²) in [6, 6.07) is 0. The van der Waals surface area contributed by atoms with E-state index in [-0.39, 0.29) is 23.5 Å². The Labute approximate surface area is 135 Å². The van der Waals surface area contributed by atoms with Crippen molar-refractivity contribution in [3.63, 3.8) is 0 Å². The topological polar surface area (TPSA) is 49.3 Å². The van der Waals surface area contributed by atoms with Crippen molar-refractivity contribution in [3.05, 3.63) is 11.6 Å². The van der Waals surface area contributed by atoms with E-state index in [1.165, 1.54) is 7.11 Å². The molecule has 1 rings (SSSR count). The molecule has 0 aromatic heterocycles. The number of hydrogen-bond donors (Lipinski definition) is 0. The Morgan fingerprint density at radius 3 is 2.41 bits per heavy atom. The first kappa shape index (κ1) is 19.4. The molecule has 0 aliphatic carbocycles. The van der Waals surface area contributed by atoms with Crippen LogP contribution in [0, 0.1) is 0 Å². The number of methoxy groups -OCH3 is 1. The molecule has 1 aliphatic rings. The third-order valence-corrected chi connectivity index (χ3v) is 9.02. The molecule has 0 radical (unpaired) electrons. The number of rotatable bonds is 5. The minimum atomic E-state index is -1.86. The van der Waals surface area contributed by atoms with Crippen molar-refractivity contribution in [1.82, 2.24) is 0 Å². The molecule has 0 unspecified atom stereocenters. The van der Waals surface area contributed by atoms with Gasteiger partial charge in [0.25, 0.3) is 0 Å². The van der Waals surface area contributed by atoms with Crippen LogP contribution >= 0.6 is 0 Å². The Morgan fingerprint density at radius 1 is 1.27 bits per heavy atom. The van der Waals surface area contributed by atoms with Crippen LogP contribution < -0.4 is 0 Å². The second kappa shape index (κ2) is 7.72. The summed E-state index contributed by atoms with van der Waals surface area (Å²) in [5.74, 6) is 0. The van der Waals surface area contributed by atoms with E-state index in [1.54, 1.807) is 13.3 Å². The highest BCUT2D eigenvalue weighted by Crippen LogP contribution is 2.39. The lowest BCUT2D eigenvalue weighted by Gasteiger charge is -2.43. The van der Waals surface area contributed by atoms with Crippen LogP contribution in [-0.2, 0) is 18.7 Å². The van der Waals surface area contributed by atoms with E-state index in [4.69, 9.17) is 13.9 Å². The van der Waals surface area contributed by atoms with Crippen molar-refractivity contribution in [2.75, 3.05) is 14.2 Å². The highest BCUT2D eigenvalue weighted by atomic mass is 28.4. The summed E-state index contributed by atoms with van der Waals surface area (Å²) in [5.41, 5.74) is 1.05. The predicted octanol–water partition coefficient (Wildman–Crippen LogP) is 3.72. The average molecular weight is 330 g/mol. The van der Waals surface area contributed by atoms with Crippen molar-refractivity contribution in [3.8, 4) is 0 Å². The van der Waals surface area contributed by atoms with Crippen LogP contribution in [-0.4, -0.2) is 47.2 Å². The van der Waals surface area contributed by atoms with Crippen LogP contribution in [0.5, 0.6) is 0 Å². The Kier molecular flexibility index (Phi) is 6.79. The summed E-state index contributed by atoms with van der Waals surface area (Å²) in [6.45, 7) is 13.2. The standard InChI is InChI=1S/C16H31NO4Si/c1-12-13(9-10-17-19-6)14(18-5)11-15(20-12)21-22(7,8)16(2,3)4/h9-10,12,14-15H,11H2,1-8H3/b13-9+,17-10+/t12-,14-,15-/m0/s1. The highest BCUT2D eigenvalue weighted by molar-refractivity contribution is 6.74. The first-order valence-corrected chi connectivity index (χ1v) is 10.7. The van der Waals surface area contributed by atoms with Gasteiger partial charge in [0.2, 0.25) is 0 Å². The first-order valence-electron chi connectivity index (χ1n) is 7.75. The van der Waals surface area contributed by atoms with E-state index in [1.807, 2.05) is 13.0 Å². The van der Waals surface area contributed by atoms with Gasteiger partial charge in [0.05, 0.1) is 18.4 Å². The number of oxime groups is 1. The molecule has 128 valence electrons. The first-order chi connectivity index (χ1) is 10.1. The maximum Gasteiger partial charge on any atom is 0.195 e. The molecule has 0 spiro atoms. The lowest BCUT2D eigenvalue weighted by Crippen LogP contribution is -2.48. The largest absolute Gasteiger partial charge is 0.399 e. The molecule has 0 aromatic rings. The molecule has 1 heterocycles. The van der Waals surface area contributed by atoms with E-state index in [0.717, 1.165) is 5.57 Å². The quantitative estimate of drug-likeness (QED) is 0.438. The van der Waals surface area contributed by atoms with E-state index in [2.05, 4.69) is 43.9 Å². The van der Waals surface area contributed by atoms with Gasteiger partial charge in [-0.15, -0.1) is 0 Å². The van der Waals surface area contributed by atoms with Gasteiger partial charge in [-0.2, -0.15) is 0 Å². The lowest BCUT2D eigenvalue weighted by atomic mass is 9.98. The molecular formula is C16H31NO4Si. The van der Waals surface area contributed by atoms with Crippen molar-refractivity contribution in [2.45, 2.75) is 70.7 Å². The summed E-state index contributed by atoms with van der Waals surface area (Å²) in [6.07, 6.45) is 3.89. The highest BCUT2D eigenvalue weighted by Gasteiger charge is 2.42. The molecule has 22 heavy (non-hydrogen) atoms. The minimum absolute atomic E-state index is 0.0261. The molecule has 0 amide bonds. The number of ether oxygens (including phenoxy) is 2. The van der Waals surface area contributed by atoms with Gasteiger partial charge in [0.1, 0.15) is 7.11 Å². The molecule has 1 fully saturated rings. The van der Waals surface area contributed by atoms with Crippen molar-refractivity contribution >= 4 is 14.5 Å². The summed E-state index contributed by atoms with van der Waals surface area (Å²) in [7, 11) is 1.37. The maximum absolute atomic E-state index is 6.37. The number of hydrogen-bond acceptors (Lipinski definition) is 5. The van der Waals surface area contributed by atoms with Crippen molar-refractivity contribution < 1.29 is 18.7 Å². The Hall–Kier alpha value is -0.693. The fraction of sp³-hybridized carbons (Fsp3) is 0.812. The second-order valence-corrected chi connectivity index (χ2v) is 11.9. The van der Waals surface area contributed by atoms with Gasteiger partial charge < -0.3 is 18.7 Å². The molecule has 5 nitrogen and oxygen atoms in total. The fourth-order valence-electron chi connectivity index (χ4n) is 2.17. The molecule has 0 saturated carbocycles. The van der Waals surface area contributed by atoms with Gasteiger partial charge in [-0.3, -0.25) is 0 Å². The molecule has 0 aromatic carbocycles. The van der Waals surface area contributed by atoms with Gasteiger partial charge in [0, 0.05) is 13.5 Å². The van der Waals surface area contributed by atoms with Crippen LogP contribution in [0.25, 0.3) is 0 Å². The zero-order chi connectivity index (χ0) is 17.0. The summed E-state index contributed by atoms with van der Waals surface area (Å²) in [5, 5.41) is 3.90. The molecule has 3 atom stereocenters. The van der Waals surface area contributed by atoms with Crippen LogP contribution in [0.1, 0.15) is 34.1 Å². The maximum atomic E-state index is 6.37. The Bertz CT molecular complexity index is 415. The number of allylic oxidation sites excluding steroid dienone is 1. The Morgan fingerprint density at radius 2 is 1.91 bits per heavy atom. The third kappa shape index (κ3) is 4.91. The minimum Gasteiger partial charge on any atom is -0.399 e. The van der Waals surface area contributed by atoms with Gasteiger partial charge >= 0.3 is 0 Å². The van der Waals surface area contributed by atoms with Crippen molar-refractivity contribution in [2.24, 2.45) is 5.16 Å². The van der Waals surface area contributed by atoms with Gasteiger partial charge in [-0.25, -0.2) is 0 Å². The van der Waals surface area contributed by atoms with Crippen molar-refractivity contribution in [1.29, 1.82) is 0 Å². The van der Waals surface area contributed by atoms with Crippen LogP contribution in [0.15, 0.2) is 16.8 Å². The predicted molar refractivity (Wildman–Crippen MR) is 91.6 cm³/mol. The average Bonchev–Trinajstić information content (AvgIpc) is 2.39. The number of nitrogens with zero attached hydrogens (tertiary/aromatic N) is 1. The van der Waals surface area contributed by atoms with Crippen LogP contribution in [0.4, 0.5) is 0 Å². The van der Waals surface area contributed by atoms with E-state index < -0.39 is 8.32 Å². The second-order valence-electron chi connectivity index (χ2n) is 7.15. The van der Waals surface area contributed by atoms with Gasteiger partial charge in [-0.1, -0.05) is 25.9 Å². The Balaban J connectivity index is 2.82. The molecular weight excluding hydrogens is 298 g/mol. The smallest absolute Gasteiger partial charge is 0.195 e. The summed E-state index contributed by atoms with van der Waals surface area (Å²) in [4.78, 5) is 4.69. The molecule has 1 aliphatic heterocycles.